The maximum absolute atomic E-state index is 8.79. The van der Waals surface area contributed by atoms with Crippen molar-refractivity contribution in [2.45, 2.75) is 23.5 Å². The number of nitrogens with two attached hydrogens (primary N) is 1. The zero-order valence-corrected chi connectivity index (χ0v) is 17.2. The molecule has 0 atom stereocenters. The minimum Gasteiger partial charge on any atom is -0.394 e. The summed E-state index contributed by atoms with van der Waals surface area (Å²) in [7, 11) is 7.05. The molecule has 0 radical (unpaired) electrons. The van der Waals surface area contributed by atoms with E-state index in [2.05, 4.69) is 0 Å². The summed E-state index contributed by atoms with van der Waals surface area (Å²) in [5.41, 5.74) is 2.59. The fourth-order valence-corrected chi connectivity index (χ4v) is 1.06. The fourth-order valence-electron chi connectivity index (χ4n) is 1.06. The third-order valence-electron chi connectivity index (χ3n) is 4.54. The molecule has 11 heteroatoms. The molecule has 0 aromatic carbocycles. The lowest BCUT2D eigenvalue weighted by Crippen LogP contribution is -2.53. The van der Waals surface area contributed by atoms with Gasteiger partial charge in [-0.25, -0.2) is 0 Å². The van der Waals surface area contributed by atoms with Crippen molar-refractivity contribution in [1.29, 1.82) is 0 Å². The molecule has 0 amide bonds. The summed E-state index contributed by atoms with van der Waals surface area (Å²) in [5.74, 6) is 0. The topological polar surface area (TPSA) is 194 Å². The highest BCUT2D eigenvalue weighted by Crippen LogP contribution is 2.08. The summed E-state index contributed by atoms with van der Waals surface area (Å²) in [4.78, 5) is 3.40. The van der Waals surface area contributed by atoms with E-state index in [4.69, 9.17) is 46.6 Å². The van der Waals surface area contributed by atoms with Crippen molar-refractivity contribution >= 4 is 0 Å². The first kappa shape index (κ1) is 31.3. The number of aliphatic hydroxyl groups excluding tert-OH is 8. The van der Waals surface area contributed by atoms with Gasteiger partial charge in [-0.05, 0) is 35.1 Å². The summed E-state index contributed by atoms with van der Waals surface area (Å²) >= 11 is 0. The Balaban J connectivity index is -0.000000322. The molecule has 0 spiro atoms. The number of rotatable bonds is 10. The number of aliphatic hydroxyl groups is 8. The van der Waals surface area contributed by atoms with E-state index in [9.17, 15) is 0 Å². The molecule has 0 fully saturated rings. The maximum atomic E-state index is 8.79. The molecule has 168 valence electrons. The summed E-state index contributed by atoms with van der Waals surface area (Å²) in [6, 6.07) is 0. The van der Waals surface area contributed by atoms with Crippen LogP contribution in [-0.4, -0.2) is 148 Å². The number of hydrogen-bond acceptors (Lipinski definition) is 11. The van der Waals surface area contributed by atoms with Crippen molar-refractivity contribution in [1.82, 2.24) is 9.80 Å². The zero-order valence-electron chi connectivity index (χ0n) is 17.2. The Labute approximate surface area is 161 Å². The second-order valence-electron chi connectivity index (χ2n) is 7.14. The van der Waals surface area contributed by atoms with Crippen LogP contribution in [0, 0.1) is 0 Å². The van der Waals surface area contributed by atoms with Crippen LogP contribution in [0.25, 0.3) is 0 Å². The molecular formula is C16H41N3O8. The molecule has 11 nitrogen and oxygen atoms in total. The Morgan fingerprint density at radius 2 is 0.852 bits per heavy atom. The molecule has 0 bridgehead atoms. The molecule has 0 unspecified atom stereocenters. The molecule has 0 aliphatic rings. The van der Waals surface area contributed by atoms with E-state index in [1.165, 1.54) is 0 Å². The Hall–Kier alpha value is -0.440. The van der Waals surface area contributed by atoms with Gasteiger partial charge in [-0.2, -0.15) is 0 Å². The summed E-state index contributed by atoms with van der Waals surface area (Å²) in [5, 5.41) is 68.9. The second-order valence-corrected chi connectivity index (χ2v) is 7.14. The summed E-state index contributed by atoms with van der Waals surface area (Å²) < 4.78 is 0. The standard InChI is InChI=1S/C6H15NO3.C6H15NO2.C4H11NO3/c1-7(2)6(3-8,4-9)5-10;1-6(4-8,5-9)7(2)3;5-4(1-6,2-7)3-8/h8-10H,3-5H2,1-2H3;8-9H,4-5H2,1-3H3;6-8H,1-3,5H2. The first-order valence-corrected chi connectivity index (χ1v) is 8.38. The molecule has 0 aromatic heterocycles. The Morgan fingerprint density at radius 3 is 0.852 bits per heavy atom. The van der Waals surface area contributed by atoms with Crippen molar-refractivity contribution in [2.24, 2.45) is 5.73 Å². The van der Waals surface area contributed by atoms with E-state index in [1.807, 2.05) is 14.1 Å². The van der Waals surface area contributed by atoms with Crippen LogP contribution < -0.4 is 5.73 Å². The monoisotopic (exact) mass is 403 g/mol. The average molecular weight is 404 g/mol. The van der Waals surface area contributed by atoms with Crippen molar-refractivity contribution in [2.75, 3.05) is 81.0 Å². The van der Waals surface area contributed by atoms with Crippen LogP contribution in [0.1, 0.15) is 6.92 Å². The van der Waals surface area contributed by atoms with E-state index >= 15 is 0 Å². The Bertz CT molecular complexity index is 317. The highest BCUT2D eigenvalue weighted by atomic mass is 16.3. The summed E-state index contributed by atoms with van der Waals surface area (Å²) in [6.07, 6.45) is 0. The molecule has 0 saturated carbocycles. The molecule has 0 aliphatic heterocycles. The Morgan fingerprint density at radius 1 is 0.556 bits per heavy atom. The minimum atomic E-state index is -1.21. The van der Waals surface area contributed by atoms with Gasteiger partial charge in [0.05, 0.1) is 69.5 Å². The van der Waals surface area contributed by atoms with Crippen molar-refractivity contribution < 1.29 is 40.9 Å². The SMILES string of the molecule is CN(C)C(C)(CO)CO.CN(C)C(CO)(CO)CO.NC(CO)(CO)CO. The molecule has 0 aliphatic carbocycles. The Kier molecular flexibility index (Phi) is 17.9. The first-order valence-electron chi connectivity index (χ1n) is 8.38. The average Bonchev–Trinajstić information content (AvgIpc) is 2.69. The quantitative estimate of drug-likeness (QED) is 0.170. The largest absolute Gasteiger partial charge is 0.394 e. The molecule has 0 rings (SSSR count). The van der Waals surface area contributed by atoms with E-state index in [-0.39, 0.29) is 33.0 Å². The van der Waals surface area contributed by atoms with Gasteiger partial charge in [0.15, 0.2) is 0 Å². The van der Waals surface area contributed by atoms with E-state index in [0.717, 1.165) is 0 Å². The molecule has 0 aromatic rings. The van der Waals surface area contributed by atoms with Gasteiger partial charge in [-0.15, -0.1) is 0 Å². The highest BCUT2D eigenvalue weighted by molar-refractivity contribution is 4.85. The molecule has 10 N–H and O–H groups in total. The van der Waals surface area contributed by atoms with E-state index in [1.54, 1.807) is 30.8 Å². The highest BCUT2D eigenvalue weighted by Gasteiger charge is 2.30. The predicted octanol–water partition coefficient (Wildman–Crippen LogP) is -4.78. The van der Waals surface area contributed by atoms with Gasteiger partial charge in [-0.1, -0.05) is 0 Å². The van der Waals surface area contributed by atoms with Crippen LogP contribution in [0.2, 0.25) is 0 Å². The number of likely N-dealkylation sites (N-methyl/N-ethyl adjacent to an activating group) is 2. The molecule has 0 heterocycles. The van der Waals surface area contributed by atoms with Crippen LogP contribution in [0.15, 0.2) is 0 Å². The zero-order chi connectivity index (χ0) is 22.3. The molecule has 0 saturated heterocycles. The van der Waals surface area contributed by atoms with Crippen LogP contribution in [-0.2, 0) is 0 Å². The van der Waals surface area contributed by atoms with Crippen LogP contribution in [0.5, 0.6) is 0 Å². The van der Waals surface area contributed by atoms with Crippen LogP contribution in [0.4, 0.5) is 0 Å². The van der Waals surface area contributed by atoms with E-state index in [0.29, 0.717) is 0 Å². The lowest BCUT2D eigenvalue weighted by Gasteiger charge is -2.34. The minimum absolute atomic E-state index is 0.0174. The molecule has 27 heavy (non-hydrogen) atoms. The van der Waals surface area contributed by atoms with Crippen LogP contribution >= 0.6 is 0 Å². The molecular weight excluding hydrogens is 362 g/mol. The van der Waals surface area contributed by atoms with Crippen LogP contribution in [0.3, 0.4) is 0 Å². The lowest BCUT2D eigenvalue weighted by molar-refractivity contribution is -0.0224. The van der Waals surface area contributed by atoms with Crippen molar-refractivity contribution in [3.05, 3.63) is 0 Å². The third kappa shape index (κ3) is 11.2. The van der Waals surface area contributed by atoms with E-state index < -0.39 is 36.4 Å². The first-order chi connectivity index (χ1) is 12.4. The second kappa shape index (κ2) is 15.5. The number of hydrogen-bond donors (Lipinski definition) is 9. The normalized spacial score (nSPS) is 12.4. The van der Waals surface area contributed by atoms with Gasteiger partial charge in [0.2, 0.25) is 0 Å². The van der Waals surface area contributed by atoms with Gasteiger partial charge in [0.25, 0.3) is 0 Å². The van der Waals surface area contributed by atoms with Gasteiger partial charge < -0.3 is 46.6 Å². The van der Waals surface area contributed by atoms with Gasteiger partial charge >= 0.3 is 0 Å². The predicted molar refractivity (Wildman–Crippen MR) is 102 cm³/mol. The fraction of sp³-hybridized carbons (Fsp3) is 1.00. The summed E-state index contributed by atoms with van der Waals surface area (Å²) in [6.45, 7) is -0.174. The van der Waals surface area contributed by atoms with Gasteiger partial charge in [0, 0.05) is 0 Å². The number of nitrogens with zero attached hydrogens (tertiary/aromatic N) is 2. The third-order valence-corrected chi connectivity index (χ3v) is 4.54. The van der Waals surface area contributed by atoms with Gasteiger partial charge in [-0.3, -0.25) is 9.80 Å². The lowest BCUT2D eigenvalue weighted by atomic mass is 10.0. The van der Waals surface area contributed by atoms with Crippen molar-refractivity contribution in [3.8, 4) is 0 Å². The maximum Gasteiger partial charge on any atom is 0.0901 e. The van der Waals surface area contributed by atoms with Crippen molar-refractivity contribution in [3.63, 3.8) is 0 Å². The smallest absolute Gasteiger partial charge is 0.0901 e. The van der Waals surface area contributed by atoms with Gasteiger partial charge in [0.1, 0.15) is 0 Å².